The third-order valence-electron chi connectivity index (χ3n) is 4.40. The van der Waals surface area contributed by atoms with Gasteiger partial charge in [0.2, 0.25) is 0 Å². The van der Waals surface area contributed by atoms with Gasteiger partial charge in [-0.2, -0.15) is 0 Å². The second kappa shape index (κ2) is 8.81. The first-order valence-corrected chi connectivity index (χ1v) is 9.90. The molecule has 27 heavy (non-hydrogen) atoms. The molecule has 3 amide bonds. The summed E-state index contributed by atoms with van der Waals surface area (Å²) in [6.45, 7) is 1.85. The molecule has 0 unspecified atom stereocenters. The molecular formula is C20H22N2O4S. The predicted molar refractivity (Wildman–Crippen MR) is 104 cm³/mol. The molecule has 2 N–H and O–H groups in total. The molecule has 1 aliphatic rings. The Kier molecular flexibility index (Phi) is 6.24. The van der Waals surface area contributed by atoms with Gasteiger partial charge in [-0.05, 0) is 50.3 Å². The molecule has 0 saturated carbocycles. The number of thiophene rings is 1. The smallest absolute Gasteiger partial charge is 0.414 e. The lowest BCUT2D eigenvalue weighted by atomic mass is 10.0. The number of anilines is 1. The van der Waals surface area contributed by atoms with Gasteiger partial charge >= 0.3 is 6.09 Å². The Morgan fingerprint density at radius 1 is 1.04 bits per heavy atom. The summed E-state index contributed by atoms with van der Waals surface area (Å²) in [5.74, 6) is -0.812. The van der Waals surface area contributed by atoms with Crippen LogP contribution in [0.3, 0.4) is 0 Å². The minimum Gasteiger partial charge on any atom is -0.450 e. The Morgan fingerprint density at radius 3 is 2.52 bits per heavy atom. The highest BCUT2D eigenvalue weighted by Gasteiger charge is 2.27. The number of rotatable bonds is 4. The predicted octanol–water partition coefficient (Wildman–Crippen LogP) is 4.16. The van der Waals surface area contributed by atoms with Crippen LogP contribution >= 0.6 is 11.3 Å². The largest absolute Gasteiger partial charge is 0.450 e. The van der Waals surface area contributed by atoms with Crippen molar-refractivity contribution in [3.05, 3.63) is 51.9 Å². The summed E-state index contributed by atoms with van der Waals surface area (Å²) in [6, 6.07) is 8.83. The normalized spacial score (nSPS) is 13.2. The van der Waals surface area contributed by atoms with Crippen molar-refractivity contribution in [3.8, 4) is 0 Å². The number of imide groups is 1. The Balaban J connectivity index is 1.91. The molecule has 142 valence electrons. The summed E-state index contributed by atoms with van der Waals surface area (Å²) in [4.78, 5) is 38.1. The molecule has 0 aliphatic heterocycles. The summed E-state index contributed by atoms with van der Waals surface area (Å²) in [5.41, 5.74) is 1.83. The average molecular weight is 386 g/mol. The molecule has 0 atom stereocenters. The van der Waals surface area contributed by atoms with Crippen molar-refractivity contribution in [3.63, 3.8) is 0 Å². The van der Waals surface area contributed by atoms with E-state index in [9.17, 15) is 14.4 Å². The van der Waals surface area contributed by atoms with Crippen molar-refractivity contribution in [1.29, 1.82) is 0 Å². The van der Waals surface area contributed by atoms with Gasteiger partial charge in [0.15, 0.2) is 0 Å². The molecular weight excluding hydrogens is 364 g/mol. The number of hydrogen-bond acceptors (Lipinski definition) is 5. The van der Waals surface area contributed by atoms with Crippen LogP contribution in [-0.2, 0) is 17.6 Å². The minimum atomic E-state index is -0.781. The Bertz CT molecular complexity index is 845. The van der Waals surface area contributed by atoms with Crippen molar-refractivity contribution in [2.75, 3.05) is 11.9 Å². The average Bonchev–Trinajstić information content (AvgIpc) is 2.83. The van der Waals surface area contributed by atoms with Crippen molar-refractivity contribution >= 4 is 34.2 Å². The van der Waals surface area contributed by atoms with E-state index >= 15 is 0 Å². The van der Waals surface area contributed by atoms with E-state index in [-0.39, 0.29) is 12.5 Å². The number of benzene rings is 1. The summed E-state index contributed by atoms with van der Waals surface area (Å²) in [5, 5.41) is 5.60. The van der Waals surface area contributed by atoms with Gasteiger partial charge in [-0.1, -0.05) is 24.6 Å². The molecule has 3 rings (SSSR count). The summed E-state index contributed by atoms with van der Waals surface area (Å²) in [6.07, 6.45) is 4.00. The number of fused-ring (bicyclic) bond motifs is 1. The third-order valence-corrected chi connectivity index (χ3v) is 5.61. The second-order valence-electron chi connectivity index (χ2n) is 6.26. The number of carbonyl (C=O) groups excluding carboxylic acids is 3. The molecule has 0 radical (unpaired) electrons. The molecule has 0 saturated heterocycles. The van der Waals surface area contributed by atoms with Crippen LogP contribution < -0.4 is 10.6 Å². The zero-order valence-electron chi connectivity index (χ0n) is 15.2. The number of alkyl carbamates (subject to hydrolysis) is 1. The highest BCUT2D eigenvalue weighted by Crippen LogP contribution is 2.37. The maximum absolute atomic E-state index is 12.8. The lowest BCUT2D eigenvalue weighted by Gasteiger charge is -2.09. The van der Waals surface area contributed by atoms with Crippen LogP contribution in [0.15, 0.2) is 30.3 Å². The number of aryl methyl sites for hydroxylation is 1. The summed E-state index contributed by atoms with van der Waals surface area (Å²) in [7, 11) is 0. The van der Waals surface area contributed by atoms with Crippen LogP contribution in [0.4, 0.5) is 9.80 Å². The van der Waals surface area contributed by atoms with Crippen molar-refractivity contribution in [2.24, 2.45) is 0 Å². The first kappa shape index (κ1) is 19.1. The van der Waals surface area contributed by atoms with E-state index in [0.29, 0.717) is 16.1 Å². The lowest BCUT2D eigenvalue weighted by Crippen LogP contribution is -2.32. The summed E-state index contributed by atoms with van der Waals surface area (Å²) < 4.78 is 4.81. The third kappa shape index (κ3) is 4.54. The molecule has 1 aliphatic carbocycles. The van der Waals surface area contributed by atoms with Gasteiger partial charge in [-0.15, -0.1) is 11.3 Å². The monoisotopic (exact) mass is 386 g/mol. The highest BCUT2D eigenvalue weighted by molar-refractivity contribution is 7.17. The van der Waals surface area contributed by atoms with Crippen molar-refractivity contribution in [1.82, 2.24) is 5.32 Å². The van der Waals surface area contributed by atoms with E-state index in [1.54, 1.807) is 31.2 Å². The van der Waals surface area contributed by atoms with Gasteiger partial charge in [0.25, 0.3) is 11.8 Å². The van der Waals surface area contributed by atoms with Crippen LogP contribution in [0.5, 0.6) is 0 Å². The van der Waals surface area contributed by atoms with E-state index in [4.69, 9.17) is 4.74 Å². The number of hydrogen-bond donors (Lipinski definition) is 2. The van der Waals surface area contributed by atoms with Gasteiger partial charge in [-0.3, -0.25) is 14.9 Å². The SMILES string of the molecule is CCOC(=O)NC(=O)c1c(NC(=O)c2ccccc2)sc2c1CCCCC2. The number of nitrogens with one attached hydrogen (secondary N) is 2. The van der Waals surface area contributed by atoms with Crippen LogP contribution in [0, 0.1) is 0 Å². The number of ether oxygens (including phenoxy) is 1. The molecule has 1 heterocycles. The number of amides is 3. The topological polar surface area (TPSA) is 84.5 Å². The van der Waals surface area contributed by atoms with Gasteiger partial charge in [0.05, 0.1) is 12.2 Å². The van der Waals surface area contributed by atoms with Crippen LogP contribution in [0.2, 0.25) is 0 Å². The standard InChI is InChI=1S/C20H22N2O4S/c1-2-26-20(25)22-18(24)16-14-11-7-4-8-12-15(14)27-19(16)21-17(23)13-9-5-3-6-10-13/h3,5-6,9-10H,2,4,7-8,11-12H2,1H3,(H,21,23)(H,22,24,25). The molecule has 0 spiro atoms. The lowest BCUT2D eigenvalue weighted by molar-refractivity contribution is 0.0925. The fourth-order valence-electron chi connectivity index (χ4n) is 3.16. The Labute approximate surface area is 161 Å². The van der Waals surface area contributed by atoms with E-state index in [0.717, 1.165) is 42.5 Å². The first-order valence-electron chi connectivity index (χ1n) is 9.09. The molecule has 6 nitrogen and oxygen atoms in total. The Hall–Kier alpha value is -2.67. The van der Waals surface area contributed by atoms with Crippen LogP contribution in [0.25, 0.3) is 0 Å². The zero-order chi connectivity index (χ0) is 19.2. The van der Waals surface area contributed by atoms with E-state index in [1.165, 1.54) is 11.3 Å². The minimum absolute atomic E-state index is 0.179. The fraction of sp³-hybridized carbons (Fsp3) is 0.350. The maximum Gasteiger partial charge on any atom is 0.414 e. The highest BCUT2D eigenvalue weighted by atomic mass is 32.1. The molecule has 1 aromatic carbocycles. The van der Waals surface area contributed by atoms with E-state index in [2.05, 4.69) is 10.6 Å². The maximum atomic E-state index is 12.8. The molecule has 0 fully saturated rings. The summed E-state index contributed by atoms with van der Waals surface area (Å²) >= 11 is 1.42. The first-order chi connectivity index (χ1) is 13.1. The zero-order valence-corrected chi connectivity index (χ0v) is 16.0. The Morgan fingerprint density at radius 2 is 1.78 bits per heavy atom. The molecule has 7 heteroatoms. The van der Waals surface area contributed by atoms with Gasteiger partial charge in [-0.25, -0.2) is 4.79 Å². The fourth-order valence-corrected chi connectivity index (χ4v) is 4.44. The number of carbonyl (C=O) groups is 3. The van der Waals surface area contributed by atoms with E-state index in [1.807, 2.05) is 6.07 Å². The second-order valence-corrected chi connectivity index (χ2v) is 7.37. The van der Waals surface area contributed by atoms with Crippen LogP contribution in [-0.4, -0.2) is 24.5 Å². The molecule has 1 aromatic heterocycles. The van der Waals surface area contributed by atoms with Crippen LogP contribution in [0.1, 0.15) is 57.3 Å². The molecule has 2 aromatic rings. The van der Waals surface area contributed by atoms with Crippen molar-refractivity contribution < 1.29 is 19.1 Å². The van der Waals surface area contributed by atoms with E-state index < -0.39 is 12.0 Å². The van der Waals surface area contributed by atoms with Gasteiger partial charge in [0.1, 0.15) is 5.00 Å². The quantitative estimate of drug-likeness (QED) is 0.773. The molecule has 0 bridgehead atoms. The van der Waals surface area contributed by atoms with Gasteiger partial charge < -0.3 is 10.1 Å². The van der Waals surface area contributed by atoms with Gasteiger partial charge in [0, 0.05) is 10.4 Å². The van der Waals surface area contributed by atoms with Crippen molar-refractivity contribution in [2.45, 2.75) is 39.0 Å².